The van der Waals surface area contributed by atoms with Gasteiger partial charge < -0.3 is 5.32 Å². The number of sulfonamides is 1. The van der Waals surface area contributed by atoms with E-state index in [1.807, 2.05) is 0 Å². The lowest BCUT2D eigenvalue weighted by atomic mass is 9.90. The third kappa shape index (κ3) is 4.68. The highest BCUT2D eigenvalue weighted by molar-refractivity contribution is 7.89. The molecule has 21 heavy (non-hydrogen) atoms. The van der Waals surface area contributed by atoms with Crippen LogP contribution in [0.3, 0.4) is 0 Å². The number of halogens is 1. The molecule has 6 heteroatoms. The largest absolute Gasteiger partial charge is 0.316 e. The van der Waals surface area contributed by atoms with Gasteiger partial charge in [-0.2, -0.15) is 0 Å². The number of nitrogens with one attached hydrogen (secondary N) is 2. The summed E-state index contributed by atoms with van der Waals surface area (Å²) in [6, 6.07) is 4.84. The maximum absolute atomic E-state index is 12.4. The zero-order valence-electron chi connectivity index (χ0n) is 12.4. The Morgan fingerprint density at radius 3 is 2.62 bits per heavy atom. The van der Waals surface area contributed by atoms with Crippen LogP contribution < -0.4 is 10.0 Å². The minimum atomic E-state index is -3.45. The number of hydrogen-bond donors (Lipinski definition) is 2. The Labute approximate surface area is 132 Å². The molecule has 0 heterocycles. The number of benzene rings is 1. The summed E-state index contributed by atoms with van der Waals surface area (Å²) >= 11 is 6.07. The molecule has 4 nitrogen and oxygen atoms in total. The molecule has 0 atom stereocenters. The first-order valence-electron chi connectivity index (χ1n) is 7.45. The second kappa shape index (κ2) is 7.58. The molecule has 1 aliphatic carbocycles. The first kappa shape index (κ1) is 16.7. The quantitative estimate of drug-likeness (QED) is 0.843. The van der Waals surface area contributed by atoms with Crippen LogP contribution in [0.25, 0.3) is 0 Å². The Bertz CT molecular complexity index is 569. The van der Waals surface area contributed by atoms with Crippen molar-refractivity contribution in [3.8, 4) is 0 Å². The highest BCUT2D eigenvalue weighted by atomic mass is 35.5. The van der Waals surface area contributed by atoms with Crippen molar-refractivity contribution in [2.45, 2.75) is 43.5 Å². The van der Waals surface area contributed by atoms with E-state index < -0.39 is 10.0 Å². The summed E-state index contributed by atoms with van der Waals surface area (Å²) in [5.41, 5.74) is 0.791. The van der Waals surface area contributed by atoms with Crippen molar-refractivity contribution in [2.75, 3.05) is 13.6 Å². The van der Waals surface area contributed by atoms with E-state index in [-0.39, 0.29) is 4.90 Å². The van der Waals surface area contributed by atoms with Crippen molar-refractivity contribution in [3.63, 3.8) is 0 Å². The Hall–Kier alpha value is -0.620. The number of rotatable bonds is 6. The van der Waals surface area contributed by atoms with E-state index in [2.05, 4.69) is 10.0 Å². The van der Waals surface area contributed by atoms with Crippen molar-refractivity contribution in [1.29, 1.82) is 0 Å². The van der Waals surface area contributed by atoms with Gasteiger partial charge in [0.25, 0.3) is 0 Å². The highest BCUT2D eigenvalue weighted by Crippen LogP contribution is 2.24. The fraction of sp³-hybridized carbons (Fsp3) is 0.600. The molecule has 0 amide bonds. The predicted octanol–water partition coefficient (Wildman–Crippen LogP) is 2.92. The van der Waals surface area contributed by atoms with Gasteiger partial charge in [0.2, 0.25) is 10.0 Å². The van der Waals surface area contributed by atoms with Gasteiger partial charge in [-0.15, -0.1) is 0 Å². The minimum Gasteiger partial charge on any atom is -0.316 e. The lowest BCUT2D eigenvalue weighted by molar-refractivity contribution is 0.357. The third-order valence-corrected chi connectivity index (χ3v) is 5.77. The minimum absolute atomic E-state index is 0.285. The SMILES string of the molecule is CNCc1cc(S(=O)(=O)NCC2CCCCC2)ccc1Cl. The van der Waals surface area contributed by atoms with Crippen LogP contribution in [0.15, 0.2) is 23.1 Å². The molecule has 2 rings (SSSR count). The Morgan fingerprint density at radius 2 is 1.95 bits per heavy atom. The lowest BCUT2D eigenvalue weighted by Gasteiger charge is -2.21. The molecule has 1 aromatic carbocycles. The van der Waals surface area contributed by atoms with Crippen molar-refractivity contribution in [1.82, 2.24) is 10.0 Å². The zero-order chi connectivity index (χ0) is 15.3. The van der Waals surface area contributed by atoms with Crippen molar-refractivity contribution >= 4 is 21.6 Å². The van der Waals surface area contributed by atoms with Crippen LogP contribution in [0.4, 0.5) is 0 Å². The monoisotopic (exact) mass is 330 g/mol. The lowest BCUT2D eigenvalue weighted by Crippen LogP contribution is -2.30. The van der Waals surface area contributed by atoms with E-state index in [1.165, 1.54) is 19.3 Å². The van der Waals surface area contributed by atoms with Gasteiger partial charge in [0.15, 0.2) is 0 Å². The van der Waals surface area contributed by atoms with Crippen LogP contribution in [-0.4, -0.2) is 22.0 Å². The molecule has 0 radical (unpaired) electrons. The maximum Gasteiger partial charge on any atom is 0.240 e. The van der Waals surface area contributed by atoms with Gasteiger partial charge >= 0.3 is 0 Å². The summed E-state index contributed by atoms with van der Waals surface area (Å²) in [5.74, 6) is 0.470. The molecule has 0 spiro atoms. The van der Waals surface area contributed by atoms with Crippen LogP contribution >= 0.6 is 11.6 Å². The van der Waals surface area contributed by atoms with E-state index in [1.54, 1.807) is 25.2 Å². The normalized spacial score (nSPS) is 17.0. The smallest absolute Gasteiger partial charge is 0.240 e. The van der Waals surface area contributed by atoms with Crippen molar-refractivity contribution in [3.05, 3.63) is 28.8 Å². The standard InChI is InChI=1S/C15H23ClN2O2S/c1-17-11-13-9-14(7-8-15(13)16)21(19,20)18-10-12-5-3-2-4-6-12/h7-9,12,17-18H,2-6,10-11H2,1H3. The summed E-state index contributed by atoms with van der Waals surface area (Å²) in [5, 5.41) is 3.57. The van der Waals surface area contributed by atoms with Crippen LogP contribution in [0, 0.1) is 5.92 Å². The fourth-order valence-corrected chi connectivity index (χ4v) is 4.10. The van der Waals surface area contributed by atoms with Gasteiger partial charge in [0.05, 0.1) is 4.90 Å². The first-order chi connectivity index (χ1) is 10.0. The fourth-order valence-electron chi connectivity index (χ4n) is 2.75. The van der Waals surface area contributed by atoms with Crippen molar-refractivity contribution in [2.24, 2.45) is 5.92 Å². The molecule has 1 fully saturated rings. The van der Waals surface area contributed by atoms with Gasteiger partial charge in [-0.3, -0.25) is 0 Å². The zero-order valence-corrected chi connectivity index (χ0v) is 13.9. The molecule has 0 saturated heterocycles. The summed E-state index contributed by atoms with van der Waals surface area (Å²) in [4.78, 5) is 0.285. The van der Waals surface area contributed by atoms with Gasteiger partial charge in [-0.1, -0.05) is 30.9 Å². The molecule has 0 unspecified atom stereocenters. The summed E-state index contributed by atoms with van der Waals surface area (Å²) in [6.07, 6.45) is 5.93. The Balaban J connectivity index is 2.06. The molecular weight excluding hydrogens is 308 g/mol. The van der Waals surface area contributed by atoms with Gasteiger partial charge in [0, 0.05) is 18.1 Å². The Kier molecular flexibility index (Phi) is 6.05. The average Bonchev–Trinajstić information content (AvgIpc) is 2.49. The van der Waals surface area contributed by atoms with E-state index in [9.17, 15) is 8.42 Å². The molecule has 1 saturated carbocycles. The highest BCUT2D eigenvalue weighted by Gasteiger charge is 2.19. The molecule has 0 aliphatic heterocycles. The molecule has 1 aliphatic rings. The molecule has 0 bridgehead atoms. The van der Waals surface area contributed by atoms with E-state index >= 15 is 0 Å². The predicted molar refractivity (Wildman–Crippen MR) is 86.0 cm³/mol. The van der Waals surface area contributed by atoms with Gasteiger partial charge in [-0.05, 0) is 49.6 Å². The Morgan fingerprint density at radius 1 is 1.24 bits per heavy atom. The third-order valence-electron chi connectivity index (χ3n) is 3.98. The summed E-state index contributed by atoms with van der Waals surface area (Å²) < 4.78 is 27.5. The summed E-state index contributed by atoms with van der Waals surface area (Å²) in [7, 11) is -1.65. The van der Waals surface area contributed by atoms with Crippen LogP contribution in [0.1, 0.15) is 37.7 Å². The van der Waals surface area contributed by atoms with Crippen LogP contribution in [-0.2, 0) is 16.6 Å². The second-order valence-electron chi connectivity index (χ2n) is 5.64. The summed E-state index contributed by atoms with van der Waals surface area (Å²) in [6.45, 7) is 1.08. The molecule has 2 N–H and O–H groups in total. The molecular formula is C15H23ClN2O2S. The second-order valence-corrected chi connectivity index (χ2v) is 7.81. The number of hydrogen-bond acceptors (Lipinski definition) is 3. The van der Waals surface area contributed by atoms with Crippen molar-refractivity contribution < 1.29 is 8.42 Å². The first-order valence-corrected chi connectivity index (χ1v) is 9.32. The molecule has 118 valence electrons. The van der Waals surface area contributed by atoms with Gasteiger partial charge in [0.1, 0.15) is 0 Å². The van der Waals surface area contributed by atoms with E-state index in [0.29, 0.717) is 24.0 Å². The molecule has 0 aromatic heterocycles. The van der Waals surface area contributed by atoms with E-state index in [0.717, 1.165) is 18.4 Å². The maximum atomic E-state index is 12.4. The van der Waals surface area contributed by atoms with Crippen LogP contribution in [0.2, 0.25) is 5.02 Å². The van der Waals surface area contributed by atoms with Crippen LogP contribution in [0.5, 0.6) is 0 Å². The average molecular weight is 331 g/mol. The van der Waals surface area contributed by atoms with E-state index in [4.69, 9.17) is 11.6 Å². The topological polar surface area (TPSA) is 58.2 Å². The molecule has 1 aromatic rings. The van der Waals surface area contributed by atoms with Gasteiger partial charge in [-0.25, -0.2) is 13.1 Å².